The first-order valence-corrected chi connectivity index (χ1v) is 9.34. The van der Waals surface area contributed by atoms with Crippen molar-refractivity contribution >= 4 is 6.09 Å². The second kappa shape index (κ2) is 8.15. The van der Waals surface area contributed by atoms with Gasteiger partial charge in [0.25, 0.3) is 0 Å². The fourth-order valence-electron chi connectivity index (χ4n) is 3.55. The molecule has 144 valence electrons. The van der Waals surface area contributed by atoms with E-state index in [2.05, 4.69) is 46.4 Å². The molecule has 0 spiro atoms. The molecule has 1 aromatic heterocycles. The summed E-state index contributed by atoms with van der Waals surface area (Å²) in [6, 6.07) is 18.0. The minimum Gasteiger partial charge on any atom is -0.449 e. The number of ether oxygens (including phenoxy) is 1. The summed E-state index contributed by atoms with van der Waals surface area (Å²) in [4.78, 5) is 15.7. The molecule has 0 radical (unpaired) electrons. The summed E-state index contributed by atoms with van der Waals surface area (Å²) in [5.41, 5.74) is 5.63. The zero-order valence-corrected chi connectivity index (χ0v) is 15.9. The molecular formula is C24H19FN2O2. The fraction of sp³-hybridized carbons (Fsp3) is 0.167. The topological polar surface area (TPSA) is 51.2 Å². The van der Waals surface area contributed by atoms with Crippen molar-refractivity contribution in [2.45, 2.75) is 12.8 Å². The Labute approximate surface area is 168 Å². The highest BCUT2D eigenvalue weighted by molar-refractivity contribution is 5.79. The van der Waals surface area contributed by atoms with Crippen LogP contribution in [0.15, 0.2) is 60.8 Å². The number of hydrogen-bond acceptors (Lipinski definition) is 3. The molecule has 1 amide bonds. The molecule has 5 heteroatoms. The van der Waals surface area contributed by atoms with Crippen LogP contribution in [-0.2, 0) is 4.74 Å². The van der Waals surface area contributed by atoms with E-state index in [4.69, 9.17) is 4.74 Å². The Morgan fingerprint density at radius 1 is 1.10 bits per heavy atom. The van der Waals surface area contributed by atoms with Gasteiger partial charge in [0.05, 0.1) is 6.54 Å². The van der Waals surface area contributed by atoms with Crippen molar-refractivity contribution in [2.75, 3.05) is 13.2 Å². The molecule has 0 fully saturated rings. The smallest absolute Gasteiger partial charge is 0.407 e. The number of nitrogens with one attached hydrogen (secondary N) is 1. The summed E-state index contributed by atoms with van der Waals surface area (Å²) in [5.74, 6) is 5.11. The van der Waals surface area contributed by atoms with E-state index < -0.39 is 12.0 Å². The van der Waals surface area contributed by atoms with Gasteiger partial charge in [-0.15, -0.1) is 0 Å². The van der Waals surface area contributed by atoms with Crippen LogP contribution in [0.1, 0.15) is 28.2 Å². The van der Waals surface area contributed by atoms with Gasteiger partial charge < -0.3 is 10.1 Å². The van der Waals surface area contributed by atoms with E-state index in [9.17, 15) is 9.18 Å². The molecule has 0 aliphatic heterocycles. The van der Waals surface area contributed by atoms with Crippen LogP contribution in [0.2, 0.25) is 0 Å². The van der Waals surface area contributed by atoms with Crippen LogP contribution in [-0.4, -0.2) is 24.2 Å². The third-order valence-corrected chi connectivity index (χ3v) is 5.03. The second-order valence-electron chi connectivity index (χ2n) is 6.76. The van der Waals surface area contributed by atoms with E-state index in [0.29, 0.717) is 11.1 Å². The predicted octanol–water partition coefficient (Wildman–Crippen LogP) is 4.42. The molecule has 2 aromatic carbocycles. The lowest BCUT2D eigenvalue weighted by Crippen LogP contribution is -2.26. The van der Waals surface area contributed by atoms with E-state index >= 15 is 0 Å². The number of amides is 1. The number of aromatic nitrogens is 1. The Morgan fingerprint density at radius 3 is 2.45 bits per heavy atom. The normalized spacial score (nSPS) is 11.8. The zero-order valence-electron chi connectivity index (χ0n) is 15.9. The van der Waals surface area contributed by atoms with E-state index in [1.807, 2.05) is 24.3 Å². The second-order valence-corrected chi connectivity index (χ2v) is 6.76. The molecule has 0 saturated heterocycles. The van der Waals surface area contributed by atoms with Crippen LogP contribution < -0.4 is 5.32 Å². The van der Waals surface area contributed by atoms with E-state index in [1.165, 1.54) is 17.3 Å². The van der Waals surface area contributed by atoms with Crippen LogP contribution in [0.4, 0.5) is 9.18 Å². The predicted molar refractivity (Wildman–Crippen MR) is 109 cm³/mol. The van der Waals surface area contributed by atoms with Gasteiger partial charge in [0.1, 0.15) is 6.61 Å². The van der Waals surface area contributed by atoms with Gasteiger partial charge in [-0.1, -0.05) is 60.4 Å². The van der Waals surface area contributed by atoms with Gasteiger partial charge in [0.15, 0.2) is 0 Å². The Hall–Kier alpha value is -3.65. The minimum absolute atomic E-state index is 0.0154. The Kier molecular flexibility index (Phi) is 5.26. The van der Waals surface area contributed by atoms with Gasteiger partial charge >= 0.3 is 6.09 Å². The molecule has 1 aliphatic carbocycles. The van der Waals surface area contributed by atoms with Gasteiger partial charge in [-0.25, -0.2) is 9.78 Å². The average Bonchev–Trinajstić information content (AvgIpc) is 3.06. The first kappa shape index (κ1) is 18.7. The summed E-state index contributed by atoms with van der Waals surface area (Å²) in [6.07, 6.45) is 0.837. The van der Waals surface area contributed by atoms with Gasteiger partial charge in [-0.2, -0.15) is 4.39 Å². The van der Waals surface area contributed by atoms with Crippen molar-refractivity contribution in [2.24, 2.45) is 0 Å². The number of carbonyl (C=O) groups is 1. The minimum atomic E-state index is -0.540. The van der Waals surface area contributed by atoms with Gasteiger partial charge in [0.2, 0.25) is 5.95 Å². The van der Waals surface area contributed by atoms with Gasteiger partial charge in [-0.3, -0.25) is 0 Å². The Balaban J connectivity index is 1.36. The zero-order chi connectivity index (χ0) is 20.2. The van der Waals surface area contributed by atoms with Crippen LogP contribution in [0, 0.1) is 24.7 Å². The maximum atomic E-state index is 13.4. The first-order valence-electron chi connectivity index (χ1n) is 9.34. The average molecular weight is 386 g/mol. The first-order chi connectivity index (χ1) is 14.1. The molecule has 1 N–H and O–H groups in total. The highest BCUT2D eigenvalue weighted by atomic mass is 19.1. The third-order valence-electron chi connectivity index (χ3n) is 5.03. The van der Waals surface area contributed by atoms with Crippen LogP contribution >= 0.6 is 0 Å². The molecule has 1 aliphatic rings. The number of alkyl carbamates (subject to hydrolysis) is 1. The number of nitrogens with zero attached hydrogens (tertiary/aromatic N) is 1. The third kappa shape index (κ3) is 3.83. The number of rotatable bonds is 3. The number of carbonyl (C=O) groups excluding carboxylic acids is 1. The largest absolute Gasteiger partial charge is 0.449 e. The molecule has 0 unspecified atom stereocenters. The lowest BCUT2D eigenvalue weighted by atomic mass is 9.98. The van der Waals surface area contributed by atoms with Gasteiger partial charge in [-0.05, 0) is 35.2 Å². The molecular weight excluding hydrogens is 367 g/mol. The maximum absolute atomic E-state index is 13.4. The molecule has 3 aromatic rings. The van der Waals surface area contributed by atoms with Crippen LogP contribution in [0.5, 0.6) is 0 Å². The maximum Gasteiger partial charge on any atom is 0.407 e. The highest BCUT2D eigenvalue weighted by Crippen LogP contribution is 2.44. The molecule has 0 saturated carbocycles. The summed E-state index contributed by atoms with van der Waals surface area (Å²) in [5, 5.41) is 2.61. The number of fused-ring (bicyclic) bond motifs is 3. The Bertz CT molecular complexity index is 1090. The molecule has 4 nitrogen and oxygen atoms in total. The monoisotopic (exact) mass is 386 g/mol. The van der Waals surface area contributed by atoms with Crippen molar-refractivity contribution < 1.29 is 13.9 Å². The van der Waals surface area contributed by atoms with Crippen molar-refractivity contribution in [3.05, 3.63) is 89.0 Å². The quantitative estimate of drug-likeness (QED) is 0.536. The van der Waals surface area contributed by atoms with Crippen molar-refractivity contribution in [1.82, 2.24) is 10.3 Å². The molecule has 29 heavy (non-hydrogen) atoms. The molecule has 1 heterocycles. The lowest BCUT2D eigenvalue weighted by molar-refractivity contribution is 0.144. The SMILES string of the molecule is Cc1c(C#CCNC(=O)OCC2c3ccccc3-c3ccccc32)ccnc1F. The van der Waals surface area contributed by atoms with Crippen molar-refractivity contribution in [3.8, 4) is 23.0 Å². The number of hydrogen-bond donors (Lipinski definition) is 1. The summed E-state index contributed by atoms with van der Waals surface area (Å²) in [7, 11) is 0. The molecule has 0 bridgehead atoms. The molecule has 0 atom stereocenters. The van der Waals surface area contributed by atoms with Gasteiger partial charge in [0, 0.05) is 23.2 Å². The number of benzene rings is 2. The van der Waals surface area contributed by atoms with Crippen molar-refractivity contribution in [1.29, 1.82) is 0 Å². The van der Waals surface area contributed by atoms with Crippen LogP contribution in [0.3, 0.4) is 0 Å². The fourth-order valence-corrected chi connectivity index (χ4v) is 3.55. The standard InChI is InChI=1S/C24H19FN2O2/c1-16-17(12-14-26-23(16)25)7-6-13-27-24(28)29-15-22-20-10-4-2-8-18(20)19-9-3-5-11-21(19)22/h2-5,8-12,14,22H,13,15H2,1H3,(H,27,28). The lowest BCUT2D eigenvalue weighted by Gasteiger charge is -2.14. The summed E-state index contributed by atoms with van der Waals surface area (Å²) < 4.78 is 18.9. The van der Waals surface area contributed by atoms with Crippen molar-refractivity contribution in [3.63, 3.8) is 0 Å². The highest BCUT2D eigenvalue weighted by Gasteiger charge is 2.28. The van der Waals surface area contributed by atoms with Crippen LogP contribution in [0.25, 0.3) is 11.1 Å². The summed E-state index contributed by atoms with van der Waals surface area (Å²) in [6.45, 7) is 1.98. The molecule has 4 rings (SSSR count). The van der Waals surface area contributed by atoms with E-state index in [1.54, 1.807) is 13.0 Å². The number of halogens is 1. The number of pyridine rings is 1. The summed E-state index contributed by atoms with van der Waals surface area (Å²) >= 11 is 0. The van der Waals surface area contributed by atoms with E-state index in [-0.39, 0.29) is 19.1 Å². The van der Waals surface area contributed by atoms with E-state index in [0.717, 1.165) is 11.1 Å². The Morgan fingerprint density at radius 2 is 1.76 bits per heavy atom.